The first-order valence-corrected chi connectivity index (χ1v) is 9.83. The standard InChI is InChI=1S/C19H35N3O3/c1-14(2)12-16-17(23)21-15(3)13-25-11-5-4-6-19(18(24)22-16)7-9-20-10-8-19/h14-16,20H,4-13H2,1-3H3,(H,21,23)(H,22,24)/t15-,16+/m1/s1. The maximum Gasteiger partial charge on any atom is 0.242 e. The molecule has 0 radical (unpaired) electrons. The molecule has 0 aromatic heterocycles. The van der Waals surface area contributed by atoms with E-state index in [-0.39, 0.29) is 23.3 Å². The molecule has 6 nitrogen and oxygen atoms in total. The first kappa shape index (κ1) is 20.2. The Morgan fingerprint density at radius 2 is 1.84 bits per heavy atom. The Balaban J connectivity index is 2.18. The molecule has 2 rings (SSSR count). The fourth-order valence-electron chi connectivity index (χ4n) is 3.82. The van der Waals surface area contributed by atoms with E-state index in [0.717, 1.165) is 45.2 Å². The van der Waals surface area contributed by atoms with Crippen molar-refractivity contribution in [2.75, 3.05) is 26.3 Å². The molecule has 2 amide bonds. The number of rotatable bonds is 2. The Bertz CT molecular complexity index is 447. The van der Waals surface area contributed by atoms with E-state index in [0.29, 0.717) is 25.6 Å². The number of amides is 2. The Morgan fingerprint density at radius 1 is 1.12 bits per heavy atom. The highest BCUT2D eigenvalue weighted by Gasteiger charge is 2.40. The van der Waals surface area contributed by atoms with Crippen LogP contribution in [-0.2, 0) is 14.3 Å². The van der Waals surface area contributed by atoms with Gasteiger partial charge in [-0.1, -0.05) is 20.3 Å². The Hall–Kier alpha value is -1.14. The molecule has 0 aromatic rings. The largest absolute Gasteiger partial charge is 0.379 e. The summed E-state index contributed by atoms with van der Waals surface area (Å²) in [5.74, 6) is 0.298. The van der Waals surface area contributed by atoms with Crippen molar-refractivity contribution in [3.8, 4) is 0 Å². The van der Waals surface area contributed by atoms with Crippen molar-refractivity contribution < 1.29 is 14.3 Å². The molecule has 3 N–H and O–H groups in total. The number of hydrogen-bond acceptors (Lipinski definition) is 4. The van der Waals surface area contributed by atoms with Gasteiger partial charge in [-0.05, 0) is 58.0 Å². The number of nitrogens with one attached hydrogen (secondary N) is 3. The molecule has 2 aliphatic heterocycles. The quantitative estimate of drug-likeness (QED) is 0.704. The smallest absolute Gasteiger partial charge is 0.242 e. The monoisotopic (exact) mass is 353 g/mol. The van der Waals surface area contributed by atoms with Crippen molar-refractivity contribution in [3.05, 3.63) is 0 Å². The Kier molecular flexibility index (Phi) is 7.69. The van der Waals surface area contributed by atoms with Gasteiger partial charge in [-0.3, -0.25) is 9.59 Å². The average Bonchev–Trinajstić information content (AvgIpc) is 2.57. The molecular formula is C19H35N3O3. The Morgan fingerprint density at radius 3 is 2.52 bits per heavy atom. The molecule has 0 aromatic carbocycles. The number of hydrogen-bond donors (Lipinski definition) is 3. The summed E-state index contributed by atoms with van der Waals surface area (Å²) in [7, 11) is 0. The van der Waals surface area contributed by atoms with Gasteiger partial charge in [0.05, 0.1) is 12.0 Å². The third-order valence-corrected chi connectivity index (χ3v) is 5.32. The molecule has 2 atom stereocenters. The molecule has 0 bridgehead atoms. The van der Waals surface area contributed by atoms with E-state index in [9.17, 15) is 9.59 Å². The van der Waals surface area contributed by atoms with Crippen LogP contribution < -0.4 is 16.0 Å². The maximum absolute atomic E-state index is 13.2. The molecular weight excluding hydrogens is 318 g/mol. The summed E-state index contributed by atoms with van der Waals surface area (Å²) >= 11 is 0. The van der Waals surface area contributed by atoms with E-state index in [1.165, 1.54) is 0 Å². The van der Waals surface area contributed by atoms with Crippen LogP contribution in [0.3, 0.4) is 0 Å². The zero-order valence-electron chi connectivity index (χ0n) is 16.0. The first-order valence-electron chi connectivity index (χ1n) is 9.83. The SMILES string of the molecule is CC(C)C[C@@H]1NC(=O)C2(CCCCOC[C@@H](C)NC1=O)CCNCC2. The molecule has 0 aliphatic carbocycles. The first-order chi connectivity index (χ1) is 11.9. The van der Waals surface area contributed by atoms with Crippen LogP contribution in [0, 0.1) is 11.3 Å². The normalized spacial score (nSPS) is 29.3. The van der Waals surface area contributed by atoms with Crippen LogP contribution in [-0.4, -0.2) is 50.2 Å². The Labute approximate surface area is 151 Å². The lowest BCUT2D eigenvalue weighted by molar-refractivity contribution is -0.137. The minimum atomic E-state index is -0.470. The van der Waals surface area contributed by atoms with E-state index in [2.05, 4.69) is 29.8 Å². The van der Waals surface area contributed by atoms with Crippen molar-refractivity contribution in [2.24, 2.45) is 11.3 Å². The molecule has 6 heteroatoms. The third kappa shape index (κ3) is 5.96. The summed E-state index contributed by atoms with van der Waals surface area (Å²) in [4.78, 5) is 25.8. The summed E-state index contributed by atoms with van der Waals surface area (Å²) in [5.41, 5.74) is -0.347. The van der Waals surface area contributed by atoms with Gasteiger partial charge in [0.1, 0.15) is 6.04 Å². The molecule has 0 unspecified atom stereocenters. The van der Waals surface area contributed by atoms with Crippen molar-refractivity contribution in [1.82, 2.24) is 16.0 Å². The van der Waals surface area contributed by atoms with Gasteiger partial charge in [-0.25, -0.2) is 0 Å². The summed E-state index contributed by atoms with van der Waals surface area (Å²) in [6.07, 6.45) is 5.14. The molecule has 2 fully saturated rings. The second kappa shape index (κ2) is 9.53. The third-order valence-electron chi connectivity index (χ3n) is 5.32. The van der Waals surface area contributed by atoms with Crippen molar-refractivity contribution in [1.29, 1.82) is 0 Å². The van der Waals surface area contributed by atoms with E-state index in [4.69, 9.17) is 4.74 Å². The fourth-order valence-corrected chi connectivity index (χ4v) is 3.82. The van der Waals surface area contributed by atoms with Crippen LogP contribution in [0.15, 0.2) is 0 Å². The maximum atomic E-state index is 13.2. The van der Waals surface area contributed by atoms with Crippen LogP contribution in [0.1, 0.15) is 59.3 Å². The zero-order chi connectivity index (χ0) is 18.3. The van der Waals surface area contributed by atoms with Crippen molar-refractivity contribution in [2.45, 2.75) is 71.4 Å². The van der Waals surface area contributed by atoms with Gasteiger partial charge in [0.25, 0.3) is 0 Å². The van der Waals surface area contributed by atoms with Gasteiger partial charge in [0, 0.05) is 12.6 Å². The zero-order valence-corrected chi connectivity index (χ0v) is 16.0. The summed E-state index contributed by atoms with van der Waals surface area (Å²) in [6.45, 7) is 9.03. The second-order valence-electron chi connectivity index (χ2n) is 8.13. The van der Waals surface area contributed by atoms with Crippen LogP contribution in [0.4, 0.5) is 0 Å². The number of piperidine rings is 1. The molecule has 1 spiro atoms. The summed E-state index contributed by atoms with van der Waals surface area (Å²) < 4.78 is 5.69. The minimum Gasteiger partial charge on any atom is -0.379 e. The highest BCUT2D eigenvalue weighted by atomic mass is 16.5. The lowest BCUT2D eigenvalue weighted by Gasteiger charge is -2.37. The van der Waals surface area contributed by atoms with E-state index in [1.54, 1.807) is 0 Å². The van der Waals surface area contributed by atoms with Crippen molar-refractivity contribution in [3.63, 3.8) is 0 Å². The lowest BCUT2D eigenvalue weighted by Crippen LogP contribution is -2.55. The van der Waals surface area contributed by atoms with Crippen LogP contribution in [0.2, 0.25) is 0 Å². The minimum absolute atomic E-state index is 0.0485. The average molecular weight is 354 g/mol. The molecule has 2 heterocycles. The van der Waals surface area contributed by atoms with Crippen LogP contribution >= 0.6 is 0 Å². The van der Waals surface area contributed by atoms with Gasteiger partial charge >= 0.3 is 0 Å². The van der Waals surface area contributed by atoms with Gasteiger partial charge in [-0.15, -0.1) is 0 Å². The number of carbonyl (C=O) groups is 2. The topological polar surface area (TPSA) is 79.5 Å². The van der Waals surface area contributed by atoms with Crippen LogP contribution in [0.25, 0.3) is 0 Å². The molecule has 2 aliphatic rings. The fraction of sp³-hybridized carbons (Fsp3) is 0.895. The lowest BCUT2D eigenvalue weighted by atomic mass is 9.74. The summed E-state index contributed by atoms with van der Waals surface area (Å²) in [6, 6.07) is -0.518. The predicted molar refractivity (Wildman–Crippen MR) is 98.2 cm³/mol. The summed E-state index contributed by atoms with van der Waals surface area (Å²) in [5, 5.41) is 9.44. The van der Waals surface area contributed by atoms with E-state index in [1.807, 2.05) is 6.92 Å². The predicted octanol–water partition coefficient (Wildman–Crippen LogP) is 1.59. The number of ether oxygens (including phenoxy) is 1. The van der Waals surface area contributed by atoms with Gasteiger partial charge in [0.2, 0.25) is 11.8 Å². The molecule has 2 saturated heterocycles. The molecule has 0 saturated carbocycles. The van der Waals surface area contributed by atoms with E-state index >= 15 is 0 Å². The highest BCUT2D eigenvalue weighted by molar-refractivity contribution is 5.90. The van der Waals surface area contributed by atoms with Crippen LogP contribution in [0.5, 0.6) is 0 Å². The number of carbonyl (C=O) groups excluding carboxylic acids is 2. The van der Waals surface area contributed by atoms with Gasteiger partial charge < -0.3 is 20.7 Å². The van der Waals surface area contributed by atoms with Gasteiger partial charge in [-0.2, -0.15) is 0 Å². The highest BCUT2D eigenvalue weighted by Crippen LogP contribution is 2.35. The molecule has 25 heavy (non-hydrogen) atoms. The second-order valence-corrected chi connectivity index (χ2v) is 8.13. The van der Waals surface area contributed by atoms with Gasteiger partial charge in [0.15, 0.2) is 0 Å². The molecule has 144 valence electrons. The van der Waals surface area contributed by atoms with Crippen molar-refractivity contribution >= 4 is 11.8 Å². The van der Waals surface area contributed by atoms with E-state index < -0.39 is 6.04 Å².